The summed E-state index contributed by atoms with van der Waals surface area (Å²) in [6, 6.07) is 0.742. The van der Waals surface area contributed by atoms with Gasteiger partial charge in [-0.3, -0.25) is 0 Å². The first-order valence-electron chi connectivity index (χ1n) is 19.4. The van der Waals surface area contributed by atoms with Crippen molar-refractivity contribution in [3.05, 3.63) is 24.3 Å². The minimum absolute atomic E-state index is 0.337. The van der Waals surface area contributed by atoms with Crippen molar-refractivity contribution in [1.82, 2.24) is 4.90 Å². The van der Waals surface area contributed by atoms with E-state index in [1.165, 1.54) is 173 Å². The van der Waals surface area contributed by atoms with Crippen molar-refractivity contribution in [3.8, 4) is 0 Å². The SMILES string of the molecule is CCCCC/C=C\C/C=C\CCCCCCCCC(CCCCCCCCCCCCCCCC)N(C)CCCCO. The van der Waals surface area contributed by atoms with Crippen LogP contribution in [-0.2, 0) is 0 Å². The maximum atomic E-state index is 9.20. The first kappa shape index (κ1) is 41.4. The molecule has 0 bridgehead atoms. The molecule has 250 valence electrons. The molecule has 0 aliphatic carbocycles. The monoisotopic (exact) mass is 590 g/mol. The highest BCUT2D eigenvalue weighted by Gasteiger charge is 2.14. The predicted octanol–water partition coefficient (Wildman–Crippen LogP) is 13.1. The molecule has 0 aromatic heterocycles. The maximum Gasteiger partial charge on any atom is 0.0431 e. The lowest BCUT2D eigenvalue weighted by atomic mass is 9.98. The standard InChI is InChI=1S/C40H79NO/c1-4-6-8-10-12-14-16-18-20-21-23-25-27-29-31-33-37-40(41(3)38-34-35-39-42)36-32-30-28-26-24-22-19-17-15-13-11-9-7-5-2/h12,14,18,20,40,42H,4-11,13,15-17,19,21-39H2,1-3H3/b14-12-,20-18-. The highest BCUT2D eigenvalue weighted by Crippen LogP contribution is 2.19. The van der Waals surface area contributed by atoms with E-state index in [-0.39, 0.29) is 0 Å². The van der Waals surface area contributed by atoms with E-state index in [1.807, 2.05) is 0 Å². The molecule has 0 radical (unpaired) electrons. The molecule has 0 rings (SSSR count). The first-order chi connectivity index (χ1) is 20.8. The molecule has 0 saturated heterocycles. The zero-order valence-electron chi connectivity index (χ0n) is 29.4. The Morgan fingerprint density at radius 3 is 1.29 bits per heavy atom. The van der Waals surface area contributed by atoms with Crippen LogP contribution in [0.4, 0.5) is 0 Å². The Labute approximate surface area is 266 Å². The van der Waals surface area contributed by atoms with E-state index in [1.54, 1.807) is 0 Å². The molecule has 42 heavy (non-hydrogen) atoms. The number of hydrogen-bond donors (Lipinski definition) is 1. The van der Waals surface area contributed by atoms with Crippen molar-refractivity contribution >= 4 is 0 Å². The Morgan fingerprint density at radius 2 is 0.833 bits per heavy atom. The van der Waals surface area contributed by atoms with Gasteiger partial charge in [-0.25, -0.2) is 0 Å². The third-order valence-corrected chi connectivity index (χ3v) is 9.17. The molecule has 0 heterocycles. The van der Waals surface area contributed by atoms with Crippen LogP contribution in [-0.4, -0.2) is 36.2 Å². The van der Waals surface area contributed by atoms with E-state index in [2.05, 4.69) is 50.1 Å². The quantitative estimate of drug-likeness (QED) is 0.0587. The molecule has 0 aliphatic heterocycles. The molecule has 2 heteroatoms. The van der Waals surface area contributed by atoms with Crippen molar-refractivity contribution in [2.45, 2.75) is 213 Å². The summed E-state index contributed by atoms with van der Waals surface area (Å²) in [6.45, 7) is 6.06. The first-order valence-corrected chi connectivity index (χ1v) is 19.4. The van der Waals surface area contributed by atoms with Gasteiger partial charge in [0.05, 0.1) is 0 Å². The third kappa shape index (κ3) is 32.3. The smallest absolute Gasteiger partial charge is 0.0431 e. The topological polar surface area (TPSA) is 23.5 Å². The lowest BCUT2D eigenvalue weighted by Crippen LogP contribution is -2.32. The predicted molar refractivity (Wildman–Crippen MR) is 192 cm³/mol. The minimum atomic E-state index is 0.337. The number of rotatable bonds is 35. The number of aliphatic hydroxyl groups excluding tert-OH is 1. The van der Waals surface area contributed by atoms with Crippen LogP contribution in [0, 0.1) is 0 Å². The minimum Gasteiger partial charge on any atom is -0.396 e. The van der Waals surface area contributed by atoms with Crippen molar-refractivity contribution in [2.24, 2.45) is 0 Å². The zero-order chi connectivity index (χ0) is 30.6. The van der Waals surface area contributed by atoms with Gasteiger partial charge in [-0.1, -0.05) is 173 Å². The van der Waals surface area contributed by atoms with Gasteiger partial charge in [-0.2, -0.15) is 0 Å². The van der Waals surface area contributed by atoms with E-state index in [0.717, 1.165) is 31.8 Å². The van der Waals surface area contributed by atoms with Gasteiger partial charge < -0.3 is 10.0 Å². The molecule has 1 unspecified atom stereocenters. The highest BCUT2D eigenvalue weighted by atomic mass is 16.2. The fraction of sp³-hybridized carbons (Fsp3) is 0.900. The van der Waals surface area contributed by atoms with Crippen molar-refractivity contribution in [3.63, 3.8) is 0 Å². The van der Waals surface area contributed by atoms with E-state index in [9.17, 15) is 5.11 Å². The summed E-state index contributed by atoms with van der Waals surface area (Å²) in [5, 5.41) is 9.20. The molecule has 0 spiro atoms. The van der Waals surface area contributed by atoms with Crippen molar-refractivity contribution < 1.29 is 5.11 Å². The lowest BCUT2D eigenvalue weighted by Gasteiger charge is -2.28. The second-order valence-electron chi connectivity index (χ2n) is 13.3. The molecule has 0 saturated carbocycles. The Balaban J connectivity index is 3.83. The number of unbranched alkanes of at least 4 members (excludes halogenated alkanes) is 23. The summed E-state index contributed by atoms with van der Waals surface area (Å²) < 4.78 is 0. The fourth-order valence-corrected chi connectivity index (χ4v) is 6.18. The molecule has 0 fully saturated rings. The van der Waals surface area contributed by atoms with Gasteiger partial charge in [0.2, 0.25) is 0 Å². The molecule has 0 aliphatic rings. The fourth-order valence-electron chi connectivity index (χ4n) is 6.18. The van der Waals surface area contributed by atoms with E-state index in [0.29, 0.717) is 6.61 Å². The van der Waals surface area contributed by atoms with Crippen LogP contribution in [0.1, 0.15) is 206 Å². The maximum absolute atomic E-state index is 9.20. The lowest BCUT2D eigenvalue weighted by molar-refractivity contribution is 0.197. The zero-order valence-corrected chi connectivity index (χ0v) is 29.4. The Bertz CT molecular complexity index is 542. The molecular formula is C40H79NO. The normalized spacial score (nSPS) is 12.9. The van der Waals surface area contributed by atoms with Crippen molar-refractivity contribution in [2.75, 3.05) is 20.2 Å². The average Bonchev–Trinajstić information content (AvgIpc) is 3.00. The summed E-state index contributed by atoms with van der Waals surface area (Å²) >= 11 is 0. The molecule has 0 aromatic carbocycles. The summed E-state index contributed by atoms with van der Waals surface area (Å²) in [6.07, 6.45) is 50.4. The summed E-state index contributed by atoms with van der Waals surface area (Å²) in [4.78, 5) is 2.62. The van der Waals surface area contributed by atoms with Gasteiger partial charge in [0, 0.05) is 12.6 Å². The molecule has 0 aromatic rings. The number of allylic oxidation sites excluding steroid dienone is 4. The highest BCUT2D eigenvalue weighted by molar-refractivity contribution is 4.92. The summed E-state index contributed by atoms with van der Waals surface area (Å²) in [5.74, 6) is 0. The second kappa shape index (κ2) is 36.6. The van der Waals surface area contributed by atoms with E-state index in [4.69, 9.17) is 0 Å². The van der Waals surface area contributed by atoms with Crippen LogP contribution in [0.3, 0.4) is 0 Å². The Hall–Kier alpha value is -0.600. The number of nitrogens with zero attached hydrogens (tertiary/aromatic N) is 1. The third-order valence-electron chi connectivity index (χ3n) is 9.17. The molecule has 1 atom stereocenters. The van der Waals surface area contributed by atoms with Gasteiger partial charge in [0.15, 0.2) is 0 Å². The summed E-state index contributed by atoms with van der Waals surface area (Å²) in [5.41, 5.74) is 0. The molecule has 0 amide bonds. The van der Waals surface area contributed by atoms with E-state index >= 15 is 0 Å². The van der Waals surface area contributed by atoms with Gasteiger partial charge in [0.25, 0.3) is 0 Å². The van der Waals surface area contributed by atoms with Crippen LogP contribution in [0.25, 0.3) is 0 Å². The van der Waals surface area contributed by atoms with Crippen LogP contribution in [0.15, 0.2) is 24.3 Å². The number of hydrogen-bond acceptors (Lipinski definition) is 2. The van der Waals surface area contributed by atoms with Gasteiger partial charge in [-0.05, 0) is 71.4 Å². The van der Waals surface area contributed by atoms with Crippen LogP contribution < -0.4 is 0 Å². The molecular weight excluding hydrogens is 510 g/mol. The number of aliphatic hydroxyl groups is 1. The largest absolute Gasteiger partial charge is 0.396 e. The van der Waals surface area contributed by atoms with Gasteiger partial charge in [-0.15, -0.1) is 0 Å². The van der Waals surface area contributed by atoms with Crippen LogP contribution in [0.5, 0.6) is 0 Å². The Morgan fingerprint density at radius 1 is 0.452 bits per heavy atom. The molecule has 1 N–H and O–H groups in total. The second-order valence-corrected chi connectivity index (χ2v) is 13.3. The van der Waals surface area contributed by atoms with Crippen LogP contribution >= 0.6 is 0 Å². The van der Waals surface area contributed by atoms with E-state index < -0.39 is 0 Å². The summed E-state index contributed by atoms with van der Waals surface area (Å²) in [7, 11) is 2.33. The van der Waals surface area contributed by atoms with Gasteiger partial charge in [0.1, 0.15) is 0 Å². The van der Waals surface area contributed by atoms with Crippen LogP contribution in [0.2, 0.25) is 0 Å². The average molecular weight is 590 g/mol. The van der Waals surface area contributed by atoms with Gasteiger partial charge >= 0.3 is 0 Å². The Kier molecular flexibility index (Phi) is 36.1. The molecule has 2 nitrogen and oxygen atoms in total. The van der Waals surface area contributed by atoms with Crippen molar-refractivity contribution in [1.29, 1.82) is 0 Å².